The van der Waals surface area contributed by atoms with Crippen LogP contribution in [-0.2, 0) is 0 Å². The van der Waals surface area contributed by atoms with Crippen LogP contribution >= 0.6 is 12.6 Å². The van der Waals surface area contributed by atoms with Crippen molar-refractivity contribution in [3.05, 3.63) is 35.9 Å². The minimum atomic E-state index is 0.0498. The van der Waals surface area contributed by atoms with Gasteiger partial charge in [-0.2, -0.15) is 0 Å². The molecule has 1 rings (SSSR count). The summed E-state index contributed by atoms with van der Waals surface area (Å²) in [6, 6.07) is 5.32. The van der Waals surface area contributed by atoms with E-state index in [9.17, 15) is 4.79 Å². The highest BCUT2D eigenvalue weighted by atomic mass is 32.1. The van der Waals surface area contributed by atoms with Gasteiger partial charge in [0.05, 0.1) is 11.7 Å². The largest absolute Gasteiger partial charge is 0.490 e. The summed E-state index contributed by atoms with van der Waals surface area (Å²) in [5, 5.41) is 0. The summed E-state index contributed by atoms with van der Waals surface area (Å²) in [4.78, 5) is 11.5. The van der Waals surface area contributed by atoms with E-state index in [1.165, 1.54) is 0 Å². The van der Waals surface area contributed by atoms with E-state index < -0.39 is 0 Å². The van der Waals surface area contributed by atoms with Gasteiger partial charge < -0.3 is 4.74 Å². The van der Waals surface area contributed by atoms with Crippen LogP contribution in [0.3, 0.4) is 0 Å². The SMILES string of the molecule is C=C(S)c1ccc(OC(C)C)c(C=O)c1. The molecule has 0 aliphatic heterocycles. The van der Waals surface area contributed by atoms with Crippen LogP contribution in [0.2, 0.25) is 0 Å². The van der Waals surface area contributed by atoms with Gasteiger partial charge in [0.15, 0.2) is 6.29 Å². The fraction of sp³-hybridized carbons (Fsp3) is 0.250. The molecule has 0 amide bonds. The van der Waals surface area contributed by atoms with Crippen molar-refractivity contribution in [2.75, 3.05) is 0 Å². The second-order valence-electron chi connectivity index (χ2n) is 3.48. The first-order valence-corrected chi connectivity index (χ1v) is 5.13. The van der Waals surface area contributed by atoms with E-state index in [1.54, 1.807) is 12.1 Å². The Morgan fingerprint density at radius 3 is 2.67 bits per heavy atom. The first-order valence-electron chi connectivity index (χ1n) is 4.68. The molecule has 1 aromatic rings. The van der Waals surface area contributed by atoms with E-state index in [0.29, 0.717) is 16.2 Å². The van der Waals surface area contributed by atoms with Crippen molar-refractivity contribution >= 4 is 23.8 Å². The van der Waals surface area contributed by atoms with Gasteiger partial charge in [0.2, 0.25) is 0 Å². The van der Waals surface area contributed by atoms with Crippen LogP contribution in [0.5, 0.6) is 5.75 Å². The zero-order valence-electron chi connectivity index (χ0n) is 8.86. The molecule has 0 spiro atoms. The number of ether oxygens (including phenoxy) is 1. The van der Waals surface area contributed by atoms with Gasteiger partial charge in [-0.05, 0) is 31.5 Å². The molecule has 0 N–H and O–H groups in total. The molecule has 0 aromatic heterocycles. The molecular formula is C12H14O2S. The molecule has 0 aliphatic carbocycles. The van der Waals surface area contributed by atoms with Gasteiger partial charge >= 0.3 is 0 Å². The Morgan fingerprint density at radius 2 is 2.20 bits per heavy atom. The van der Waals surface area contributed by atoms with Crippen LogP contribution in [0.15, 0.2) is 24.8 Å². The highest BCUT2D eigenvalue weighted by Gasteiger charge is 2.06. The maximum absolute atomic E-state index is 10.8. The van der Waals surface area contributed by atoms with Crippen molar-refractivity contribution in [3.63, 3.8) is 0 Å². The predicted molar refractivity (Wildman–Crippen MR) is 65.6 cm³/mol. The summed E-state index contributed by atoms with van der Waals surface area (Å²) in [6.45, 7) is 7.53. The van der Waals surface area contributed by atoms with E-state index in [0.717, 1.165) is 11.8 Å². The fourth-order valence-electron chi connectivity index (χ4n) is 1.18. The van der Waals surface area contributed by atoms with Crippen molar-refractivity contribution in [1.29, 1.82) is 0 Å². The fourth-order valence-corrected chi connectivity index (χ4v) is 1.32. The molecule has 80 valence electrons. The van der Waals surface area contributed by atoms with Gasteiger partial charge in [-0.3, -0.25) is 4.79 Å². The van der Waals surface area contributed by atoms with Gasteiger partial charge in [0, 0.05) is 4.91 Å². The van der Waals surface area contributed by atoms with E-state index in [4.69, 9.17) is 4.74 Å². The Balaban J connectivity index is 3.09. The topological polar surface area (TPSA) is 26.3 Å². The highest BCUT2D eigenvalue weighted by molar-refractivity contribution is 7.90. The quantitative estimate of drug-likeness (QED) is 0.625. The molecule has 2 nitrogen and oxygen atoms in total. The Labute approximate surface area is 95.4 Å². The van der Waals surface area contributed by atoms with Gasteiger partial charge in [-0.15, -0.1) is 12.6 Å². The molecule has 0 heterocycles. The molecule has 0 unspecified atom stereocenters. The van der Waals surface area contributed by atoms with Crippen LogP contribution in [0.1, 0.15) is 29.8 Å². The first kappa shape index (κ1) is 11.9. The lowest BCUT2D eigenvalue weighted by molar-refractivity contribution is 0.111. The van der Waals surface area contributed by atoms with E-state index in [2.05, 4.69) is 19.2 Å². The number of thiol groups is 1. The normalized spacial score (nSPS) is 10.1. The monoisotopic (exact) mass is 222 g/mol. The number of rotatable bonds is 4. The lowest BCUT2D eigenvalue weighted by Gasteiger charge is -2.12. The maximum Gasteiger partial charge on any atom is 0.153 e. The number of benzene rings is 1. The molecule has 0 atom stereocenters. The maximum atomic E-state index is 10.8. The third-order valence-electron chi connectivity index (χ3n) is 1.83. The smallest absolute Gasteiger partial charge is 0.153 e. The molecule has 0 saturated heterocycles. The summed E-state index contributed by atoms with van der Waals surface area (Å²) in [5.41, 5.74) is 1.35. The minimum Gasteiger partial charge on any atom is -0.490 e. The van der Waals surface area contributed by atoms with Crippen molar-refractivity contribution in [2.45, 2.75) is 20.0 Å². The number of hydrogen-bond donors (Lipinski definition) is 1. The summed E-state index contributed by atoms with van der Waals surface area (Å²) in [6.07, 6.45) is 0.825. The average Bonchev–Trinajstić information content (AvgIpc) is 2.17. The van der Waals surface area contributed by atoms with Gasteiger partial charge in [-0.1, -0.05) is 12.6 Å². The lowest BCUT2D eigenvalue weighted by Crippen LogP contribution is -2.07. The summed E-state index contributed by atoms with van der Waals surface area (Å²) >= 11 is 4.13. The number of hydrogen-bond acceptors (Lipinski definition) is 3. The summed E-state index contributed by atoms with van der Waals surface area (Å²) in [5.74, 6) is 0.596. The Bertz CT molecular complexity index is 383. The second-order valence-corrected chi connectivity index (χ2v) is 4.02. The first-order chi connectivity index (χ1) is 7.04. The van der Waals surface area contributed by atoms with Crippen molar-refractivity contribution in [1.82, 2.24) is 0 Å². The molecular weight excluding hydrogens is 208 g/mol. The Kier molecular flexibility index (Phi) is 3.97. The molecule has 1 aromatic carbocycles. The Morgan fingerprint density at radius 1 is 1.53 bits per heavy atom. The zero-order valence-corrected chi connectivity index (χ0v) is 9.75. The number of aldehydes is 1. The van der Waals surface area contributed by atoms with Crippen molar-refractivity contribution in [2.24, 2.45) is 0 Å². The molecule has 0 bridgehead atoms. The number of carbonyl (C=O) groups is 1. The van der Waals surface area contributed by atoms with Gasteiger partial charge in [-0.25, -0.2) is 0 Å². The van der Waals surface area contributed by atoms with Crippen LogP contribution in [-0.4, -0.2) is 12.4 Å². The van der Waals surface area contributed by atoms with Crippen LogP contribution in [0.25, 0.3) is 4.91 Å². The third-order valence-corrected chi connectivity index (χ3v) is 2.09. The van der Waals surface area contributed by atoms with Crippen molar-refractivity contribution in [3.8, 4) is 5.75 Å². The average molecular weight is 222 g/mol. The van der Waals surface area contributed by atoms with Gasteiger partial charge in [0.25, 0.3) is 0 Å². The Hall–Kier alpha value is -1.22. The third kappa shape index (κ3) is 3.13. The van der Waals surface area contributed by atoms with Crippen LogP contribution in [0, 0.1) is 0 Å². The minimum absolute atomic E-state index is 0.0498. The molecule has 0 saturated carbocycles. The van der Waals surface area contributed by atoms with Crippen molar-refractivity contribution < 1.29 is 9.53 Å². The standard InChI is InChI=1S/C12H14O2S/c1-8(2)14-12-5-4-10(9(3)15)6-11(12)7-13/h4-8,15H,3H2,1-2H3. The molecule has 3 heteroatoms. The van der Waals surface area contributed by atoms with E-state index in [-0.39, 0.29) is 6.10 Å². The molecule has 15 heavy (non-hydrogen) atoms. The zero-order chi connectivity index (χ0) is 11.4. The highest BCUT2D eigenvalue weighted by Crippen LogP contribution is 2.24. The molecule has 0 radical (unpaired) electrons. The predicted octanol–water partition coefficient (Wildman–Crippen LogP) is 3.19. The van der Waals surface area contributed by atoms with Crippen LogP contribution in [0.4, 0.5) is 0 Å². The summed E-state index contributed by atoms with van der Waals surface area (Å²) < 4.78 is 5.49. The second kappa shape index (κ2) is 5.03. The summed E-state index contributed by atoms with van der Waals surface area (Å²) in [7, 11) is 0. The molecule has 0 aliphatic rings. The lowest BCUT2D eigenvalue weighted by atomic mass is 10.1. The van der Waals surface area contributed by atoms with Gasteiger partial charge in [0.1, 0.15) is 5.75 Å². The number of carbonyl (C=O) groups excluding carboxylic acids is 1. The molecule has 0 fully saturated rings. The van der Waals surface area contributed by atoms with E-state index >= 15 is 0 Å². The van der Waals surface area contributed by atoms with E-state index in [1.807, 2.05) is 19.9 Å². The van der Waals surface area contributed by atoms with Crippen LogP contribution < -0.4 is 4.74 Å².